The molecule has 1 aromatic rings. The van der Waals surface area contributed by atoms with Crippen LogP contribution in [0.1, 0.15) is 72.1 Å². The van der Waals surface area contributed by atoms with Gasteiger partial charge in [0.15, 0.2) is 0 Å². The summed E-state index contributed by atoms with van der Waals surface area (Å²) in [6.45, 7) is 20.4. The number of hydrogen-bond acceptors (Lipinski definition) is 2. The molecule has 3 nitrogen and oxygen atoms in total. The molecule has 24 heavy (non-hydrogen) atoms. The van der Waals surface area contributed by atoms with Crippen molar-refractivity contribution < 1.29 is 14.7 Å². The van der Waals surface area contributed by atoms with E-state index in [4.69, 9.17) is 4.74 Å². The van der Waals surface area contributed by atoms with Crippen LogP contribution in [-0.2, 0) is 22.1 Å². The summed E-state index contributed by atoms with van der Waals surface area (Å²) in [6, 6.07) is 4.42. The molecule has 0 spiro atoms. The van der Waals surface area contributed by atoms with Crippen LogP contribution in [0.3, 0.4) is 0 Å². The number of quaternary nitrogens is 1. The van der Waals surface area contributed by atoms with Crippen molar-refractivity contribution in [2.75, 3.05) is 13.1 Å². The average molecular weight is 335 g/mol. The van der Waals surface area contributed by atoms with E-state index in [0.717, 1.165) is 30.8 Å². The summed E-state index contributed by atoms with van der Waals surface area (Å²) < 4.78 is 5.87. The second-order valence-corrected chi connectivity index (χ2v) is 9.63. The van der Waals surface area contributed by atoms with Crippen LogP contribution in [0.5, 0.6) is 5.75 Å². The maximum absolute atomic E-state index is 10.8. The molecule has 1 unspecified atom stereocenters. The summed E-state index contributed by atoms with van der Waals surface area (Å²) >= 11 is 0. The predicted molar refractivity (Wildman–Crippen MR) is 99.9 cm³/mol. The lowest BCUT2D eigenvalue weighted by atomic mass is 9.78. The maximum Gasteiger partial charge on any atom is 0.123 e. The number of phenolic OH excluding ortho intramolecular Hbond substituents is 1. The Morgan fingerprint density at radius 2 is 1.38 bits per heavy atom. The molecule has 1 aromatic carbocycles. The van der Waals surface area contributed by atoms with Crippen LogP contribution >= 0.6 is 0 Å². The maximum atomic E-state index is 10.8. The quantitative estimate of drug-likeness (QED) is 0.871. The minimum atomic E-state index is -0.0684. The number of ether oxygens (including phenoxy) is 1. The van der Waals surface area contributed by atoms with E-state index in [-0.39, 0.29) is 10.8 Å². The molecule has 1 aliphatic rings. The third-order valence-electron chi connectivity index (χ3n) is 4.86. The highest BCUT2D eigenvalue weighted by molar-refractivity contribution is 5.49. The second-order valence-electron chi connectivity index (χ2n) is 9.63. The molecule has 1 aliphatic heterocycles. The van der Waals surface area contributed by atoms with Crippen molar-refractivity contribution in [1.82, 2.24) is 0 Å². The first kappa shape index (κ1) is 19.3. The Morgan fingerprint density at radius 1 is 0.958 bits per heavy atom. The standard InChI is InChI=1S/C21H35NO2/c1-14-11-22(12-15(2)24-14)13-16-9-17(20(3,4)5)19(23)18(10-16)21(6,7)8/h9-10,14-15,23H,11-13H2,1-8H3/p+1/t14-,15+. The van der Waals surface area contributed by atoms with Crippen molar-refractivity contribution in [3.8, 4) is 5.75 Å². The van der Waals surface area contributed by atoms with Crippen LogP contribution in [0.25, 0.3) is 0 Å². The van der Waals surface area contributed by atoms with Gasteiger partial charge in [-0.3, -0.25) is 0 Å². The van der Waals surface area contributed by atoms with Gasteiger partial charge in [-0.1, -0.05) is 41.5 Å². The summed E-state index contributed by atoms with van der Waals surface area (Å²) in [6.07, 6.45) is 0.620. The van der Waals surface area contributed by atoms with Crippen LogP contribution < -0.4 is 4.90 Å². The number of phenols is 1. The highest BCUT2D eigenvalue weighted by atomic mass is 16.5. The topological polar surface area (TPSA) is 33.9 Å². The summed E-state index contributed by atoms with van der Waals surface area (Å²) in [5.74, 6) is 0.470. The van der Waals surface area contributed by atoms with Crippen molar-refractivity contribution >= 4 is 0 Å². The zero-order valence-electron chi connectivity index (χ0n) is 16.8. The smallest absolute Gasteiger partial charge is 0.123 e. The molecule has 1 heterocycles. The van der Waals surface area contributed by atoms with Crippen LogP contribution in [0.4, 0.5) is 0 Å². The first-order valence-electron chi connectivity index (χ1n) is 9.24. The van der Waals surface area contributed by atoms with E-state index in [9.17, 15) is 5.11 Å². The molecular weight excluding hydrogens is 298 g/mol. The van der Waals surface area contributed by atoms with Gasteiger partial charge in [0.05, 0.1) is 0 Å². The molecule has 2 rings (SSSR count). The lowest BCUT2D eigenvalue weighted by molar-refractivity contribution is -0.928. The minimum absolute atomic E-state index is 0.0684. The monoisotopic (exact) mass is 334 g/mol. The van der Waals surface area contributed by atoms with E-state index in [1.807, 2.05) is 0 Å². The Balaban J connectivity index is 2.39. The van der Waals surface area contributed by atoms with Gasteiger partial charge in [0.25, 0.3) is 0 Å². The highest BCUT2D eigenvalue weighted by Gasteiger charge is 2.29. The van der Waals surface area contributed by atoms with Gasteiger partial charge in [-0.15, -0.1) is 0 Å². The van der Waals surface area contributed by atoms with Gasteiger partial charge < -0.3 is 14.7 Å². The number of nitrogens with one attached hydrogen (secondary N) is 1. The molecule has 3 heteroatoms. The van der Waals surface area contributed by atoms with Gasteiger partial charge in [0.1, 0.15) is 37.6 Å². The zero-order chi connectivity index (χ0) is 18.3. The lowest BCUT2D eigenvalue weighted by Crippen LogP contribution is -3.14. The number of rotatable bonds is 2. The fourth-order valence-electron chi connectivity index (χ4n) is 3.76. The Hall–Kier alpha value is -1.06. The third kappa shape index (κ3) is 4.52. The van der Waals surface area contributed by atoms with E-state index < -0.39 is 0 Å². The Labute approximate surface area is 148 Å². The van der Waals surface area contributed by atoms with Crippen LogP contribution in [-0.4, -0.2) is 30.4 Å². The van der Waals surface area contributed by atoms with E-state index in [1.54, 1.807) is 4.90 Å². The number of morpholine rings is 1. The fourth-order valence-corrected chi connectivity index (χ4v) is 3.76. The summed E-state index contributed by atoms with van der Waals surface area (Å²) in [7, 11) is 0. The normalized spacial score (nSPS) is 25.8. The Bertz CT molecular complexity index is 535. The van der Waals surface area contributed by atoms with E-state index in [2.05, 4.69) is 67.5 Å². The Kier molecular flexibility index (Phi) is 5.37. The number of benzene rings is 1. The molecule has 3 atom stereocenters. The second kappa shape index (κ2) is 6.68. The van der Waals surface area contributed by atoms with Gasteiger partial charge >= 0.3 is 0 Å². The zero-order valence-corrected chi connectivity index (χ0v) is 16.8. The first-order chi connectivity index (χ1) is 10.9. The van der Waals surface area contributed by atoms with Crippen molar-refractivity contribution in [2.24, 2.45) is 0 Å². The molecule has 0 aromatic heterocycles. The van der Waals surface area contributed by atoms with Crippen molar-refractivity contribution in [1.29, 1.82) is 0 Å². The van der Waals surface area contributed by atoms with Gasteiger partial charge in [-0.25, -0.2) is 0 Å². The SMILES string of the molecule is C[C@@H]1C[NH+](Cc2cc(C(C)(C)C)c(O)c(C(C)(C)C)c2)C[C@H](C)O1. The van der Waals surface area contributed by atoms with Gasteiger partial charge in [0, 0.05) is 16.7 Å². The average Bonchev–Trinajstić information content (AvgIpc) is 2.36. The van der Waals surface area contributed by atoms with Gasteiger partial charge in [-0.2, -0.15) is 0 Å². The predicted octanol–water partition coefficient (Wildman–Crippen LogP) is 3.18. The van der Waals surface area contributed by atoms with Crippen molar-refractivity contribution in [3.63, 3.8) is 0 Å². The Morgan fingerprint density at radius 3 is 1.75 bits per heavy atom. The highest BCUT2D eigenvalue weighted by Crippen LogP contribution is 2.39. The van der Waals surface area contributed by atoms with Crippen LogP contribution in [0.2, 0.25) is 0 Å². The molecule has 0 radical (unpaired) electrons. The van der Waals surface area contributed by atoms with Crippen LogP contribution in [0, 0.1) is 0 Å². The molecule has 2 N–H and O–H groups in total. The van der Waals surface area contributed by atoms with Gasteiger partial charge in [-0.05, 0) is 36.8 Å². The first-order valence-corrected chi connectivity index (χ1v) is 9.24. The third-order valence-corrected chi connectivity index (χ3v) is 4.86. The number of aromatic hydroxyl groups is 1. The summed E-state index contributed by atoms with van der Waals surface area (Å²) in [5, 5.41) is 10.8. The molecule has 0 bridgehead atoms. The van der Waals surface area contributed by atoms with Crippen LogP contribution in [0.15, 0.2) is 12.1 Å². The molecular formula is C21H36NO2+. The molecule has 0 aliphatic carbocycles. The molecule has 1 saturated heterocycles. The van der Waals surface area contributed by atoms with Crippen molar-refractivity contribution in [2.45, 2.75) is 85.0 Å². The van der Waals surface area contributed by atoms with E-state index in [1.165, 1.54) is 5.56 Å². The van der Waals surface area contributed by atoms with E-state index >= 15 is 0 Å². The fraction of sp³-hybridized carbons (Fsp3) is 0.714. The summed E-state index contributed by atoms with van der Waals surface area (Å²) in [5.41, 5.74) is 3.29. The summed E-state index contributed by atoms with van der Waals surface area (Å²) in [4.78, 5) is 1.56. The number of hydrogen-bond donors (Lipinski definition) is 2. The minimum Gasteiger partial charge on any atom is -0.507 e. The van der Waals surface area contributed by atoms with Crippen molar-refractivity contribution in [3.05, 3.63) is 28.8 Å². The molecule has 136 valence electrons. The molecule has 0 amide bonds. The molecule has 0 saturated carbocycles. The molecule has 1 fully saturated rings. The largest absolute Gasteiger partial charge is 0.507 e. The van der Waals surface area contributed by atoms with E-state index in [0.29, 0.717) is 18.0 Å². The van der Waals surface area contributed by atoms with Gasteiger partial charge in [0.2, 0.25) is 0 Å². The lowest BCUT2D eigenvalue weighted by Gasteiger charge is -2.33.